The van der Waals surface area contributed by atoms with Crippen molar-refractivity contribution < 1.29 is 9.53 Å². The molecule has 1 heterocycles. The fraction of sp³-hybridized carbons (Fsp3) is 0.409. The predicted octanol–water partition coefficient (Wildman–Crippen LogP) is 0.428. The van der Waals surface area contributed by atoms with Gasteiger partial charge in [0.2, 0.25) is 5.91 Å². The summed E-state index contributed by atoms with van der Waals surface area (Å²) in [6.07, 6.45) is 0.223. The topological polar surface area (TPSA) is 161 Å². The number of rotatable bonds is 12. The van der Waals surface area contributed by atoms with Crippen molar-refractivity contribution in [3.8, 4) is 12.1 Å². The Balaban J connectivity index is 2.48. The van der Waals surface area contributed by atoms with Gasteiger partial charge >= 0.3 is 5.69 Å². The van der Waals surface area contributed by atoms with Crippen LogP contribution < -0.4 is 21.9 Å². The summed E-state index contributed by atoms with van der Waals surface area (Å²) in [6.45, 7) is 0.580. The van der Waals surface area contributed by atoms with Crippen molar-refractivity contribution in [2.24, 2.45) is 0 Å². The van der Waals surface area contributed by atoms with Gasteiger partial charge < -0.3 is 20.3 Å². The Labute approximate surface area is 191 Å². The summed E-state index contributed by atoms with van der Waals surface area (Å²) in [5, 5.41) is 17.8. The highest BCUT2D eigenvalue weighted by Crippen LogP contribution is 2.20. The van der Waals surface area contributed by atoms with Crippen LogP contribution in [0.5, 0.6) is 0 Å². The highest BCUT2D eigenvalue weighted by Gasteiger charge is 2.24. The Morgan fingerprint density at radius 3 is 2.36 bits per heavy atom. The molecule has 2 aromatic rings. The van der Waals surface area contributed by atoms with E-state index in [1.807, 2.05) is 42.5 Å². The standard InChI is InChI=1S/C22H27N7O4/c1-33-14-13-29-20(25)19(21(31)26-22(29)32)28(15-17-7-3-2-4-8-17)16-18(30)27(11-5-9-23)12-6-10-24/h2-4,7-8H,5-6,11-16,25H2,1H3,(H,26,31,32). The average Bonchev–Trinajstić information content (AvgIpc) is 2.79. The number of carbonyl (C=O) groups is 1. The number of hydrogen-bond donors (Lipinski definition) is 2. The lowest BCUT2D eigenvalue weighted by atomic mass is 10.2. The van der Waals surface area contributed by atoms with Crippen molar-refractivity contribution in [2.75, 3.05) is 44.0 Å². The van der Waals surface area contributed by atoms with Gasteiger partial charge in [0.25, 0.3) is 5.56 Å². The third-order valence-corrected chi connectivity index (χ3v) is 4.93. The molecular formula is C22H27N7O4. The Morgan fingerprint density at radius 1 is 1.15 bits per heavy atom. The maximum atomic E-state index is 13.1. The molecule has 0 aliphatic heterocycles. The number of ether oxygens (including phenoxy) is 1. The van der Waals surface area contributed by atoms with Crippen molar-refractivity contribution in [3.05, 3.63) is 56.7 Å². The first kappa shape index (κ1) is 25.2. The van der Waals surface area contributed by atoms with Gasteiger partial charge in [-0.15, -0.1) is 0 Å². The minimum atomic E-state index is -0.713. The van der Waals surface area contributed by atoms with E-state index in [9.17, 15) is 14.4 Å². The van der Waals surface area contributed by atoms with Gasteiger partial charge in [-0.1, -0.05) is 30.3 Å². The number of amides is 1. The molecule has 0 atom stereocenters. The molecule has 11 nitrogen and oxygen atoms in total. The van der Waals surface area contributed by atoms with Gasteiger partial charge in [-0.25, -0.2) is 4.79 Å². The van der Waals surface area contributed by atoms with E-state index in [0.717, 1.165) is 5.56 Å². The quantitative estimate of drug-likeness (QED) is 0.467. The second kappa shape index (κ2) is 12.7. The normalized spacial score (nSPS) is 10.3. The number of nitrogens with two attached hydrogens (primary N) is 1. The number of nitrogen functional groups attached to an aromatic ring is 1. The summed E-state index contributed by atoms with van der Waals surface area (Å²) in [5.41, 5.74) is 5.65. The molecule has 0 saturated carbocycles. The van der Waals surface area contributed by atoms with E-state index in [2.05, 4.69) is 4.98 Å². The number of aromatic amines is 1. The lowest BCUT2D eigenvalue weighted by Gasteiger charge is -2.29. The Morgan fingerprint density at radius 2 is 1.79 bits per heavy atom. The van der Waals surface area contributed by atoms with E-state index in [1.165, 1.54) is 21.5 Å². The fourth-order valence-corrected chi connectivity index (χ4v) is 3.30. The van der Waals surface area contributed by atoms with Crippen LogP contribution in [0.25, 0.3) is 0 Å². The smallest absolute Gasteiger partial charge is 0.330 e. The molecule has 3 N–H and O–H groups in total. The molecule has 174 valence electrons. The number of methoxy groups -OCH3 is 1. The summed E-state index contributed by atoms with van der Waals surface area (Å²) >= 11 is 0. The third-order valence-electron chi connectivity index (χ3n) is 4.93. The number of benzene rings is 1. The maximum Gasteiger partial charge on any atom is 0.330 e. The summed E-state index contributed by atoms with van der Waals surface area (Å²) in [6, 6.07) is 13.2. The molecule has 0 saturated heterocycles. The van der Waals surface area contributed by atoms with Crippen molar-refractivity contribution in [2.45, 2.75) is 25.9 Å². The van der Waals surface area contributed by atoms with Gasteiger partial charge in [0.1, 0.15) is 11.5 Å². The number of nitriles is 2. The molecule has 1 aromatic heterocycles. The van der Waals surface area contributed by atoms with E-state index in [1.54, 1.807) is 0 Å². The van der Waals surface area contributed by atoms with E-state index in [4.69, 9.17) is 21.0 Å². The van der Waals surface area contributed by atoms with Crippen molar-refractivity contribution in [1.82, 2.24) is 14.5 Å². The maximum absolute atomic E-state index is 13.1. The minimum absolute atomic E-state index is 0.0107. The largest absolute Gasteiger partial charge is 0.383 e. The van der Waals surface area contributed by atoms with Gasteiger partial charge in [-0.05, 0) is 5.56 Å². The van der Waals surface area contributed by atoms with Crippen molar-refractivity contribution in [1.29, 1.82) is 10.5 Å². The number of hydrogen-bond acceptors (Lipinski definition) is 8. The van der Waals surface area contributed by atoms with Gasteiger partial charge in [-0.2, -0.15) is 10.5 Å². The molecule has 1 amide bonds. The van der Waals surface area contributed by atoms with Crippen LogP contribution in [0.15, 0.2) is 39.9 Å². The molecule has 33 heavy (non-hydrogen) atoms. The number of anilines is 2. The highest BCUT2D eigenvalue weighted by atomic mass is 16.5. The van der Waals surface area contributed by atoms with Crippen LogP contribution in [0.2, 0.25) is 0 Å². The molecule has 0 bridgehead atoms. The van der Waals surface area contributed by atoms with Crippen LogP contribution in [0.3, 0.4) is 0 Å². The van der Waals surface area contributed by atoms with Crippen molar-refractivity contribution in [3.63, 3.8) is 0 Å². The van der Waals surface area contributed by atoms with Crippen LogP contribution in [-0.2, 0) is 22.6 Å². The molecule has 0 fully saturated rings. The molecule has 0 unspecified atom stereocenters. The zero-order valence-corrected chi connectivity index (χ0v) is 18.5. The van der Waals surface area contributed by atoms with Gasteiger partial charge in [0.15, 0.2) is 0 Å². The molecule has 0 radical (unpaired) electrons. The molecule has 0 aliphatic rings. The number of nitrogens with zero attached hydrogens (tertiary/aromatic N) is 5. The van der Waals surface area contributed by atoms with Crippen LogP contribution in [-0.4, -0.2) is 53.7 Å². The molecular weight excluding hydrogens is 426 g/mol. The second-order valence-corrected chi connectivity index (χ2v) is 7.18. The third kappa shape index (κ3) is 6.95. The van der Waals surface area contributed by atoms with E-state index < -0.39 is 11.2 Å². The van der Waals surface area contributed by atoms with E-state index >= 15 is 0 Å². The number of carbonyl (C=O) groups excluding carboxylic acids is 1. The highest BCUT2D eigenvalue weighted by molar-refractivity contribution is 5.82. The zero-order chi connectivity index (χ0) is 24.2. The molecule has 1 aromatic carbocycles. The number of nitrogens with one attached hydrogen (secondary N) is 1. The molecule has 11 heteroatoms. The molecule has 0 spiro atoms. The first-order valence-electron chi connectivity index (χ1n) is 10.3. The van der Waals surface area contributed by atoms with Crippen LogP contribution in [0, 0.1) is 22.7 Å². The zero-order valence-electron chi connectivity index (χ0n) is 18.5. The molecule has 0 aliphatic carbocycles. The van der Waals surface area contributed by atoms with E-state index in [0.29, 0.717) is 0 Å². The summed E-state index contributed by atoms with van der Waals surface area (Å²) < 4.78 is 6.21. The minimum Gasteiger partial charge on any atom is -0.383 e. The first-order chi connectivity index (χ1) is 15.9. The van der Waals surface area contributed by atoms with Crippen molar-refractivity contribution >= 4 is 17.4 Å². The predicted molar refractivity (Wildman–Crippen MR) is 122 cm³/mol. The summed E-state index contributed by atoms with van der Waals surface area (Å²) in [4.78, 5) is 43.3. The van der Waals surface area contributed by atoms with Crippen LogP contribution in [0.4, 0.5) is 11.5 Å². The monoisotopic (exact) mass is 453 g/mol. The summed E-state index contributed by atoms with van der Waals surface area (Å²) in [5.74, 6) is -0.449. The SMILES string of the molecule is COCCn1c(N)c(N(CC(=O)N(CCC#N)CCC#N)Cc2ccccc2)c(=O)[nH]c1=O. The van der Waals surface area contributed by atoms with Gasteiger partial charge in [-0.3, -0.25) is 19.1 Å². The summed E-state index contributed by atoms with van der Waals surface area (Å²) in [7, 11) is 1.48. The molecule has 2 rings (SSSR count). The Bertz CT molecular complexity index is 1110. The number of aromatic nitrogens is 2. The lowest BCUT2D eigenvalue weighted by Crippen LogP contribution is -2.44. The second-order valence-electron chi connectivity index (χ2n) is 7.18. The Hall–Kier alpha value is -4.09. The number of H-pyrrole nitrogens is 1. The van der Waals surface area contributed by atoms with Crippen LogP contribution >= 0.6 is 0 Å². The average molecular weight is 454 g/mol. The van der Waals surface area contributed by atoms with E-state index in [-0.39, 0.29) is 69.6 Å². The Kier molecular flexibility index (Phi) is 9.68. The van der Waals surface area contributed by atoms with Gasteiger partial charge in [0, 0.05) is 26.7 Å². The van der Waals surface area contributed by atoms with Crippen LogP contribution in [0.1, 0.15) is 18.4 Å². The van der Waals surface area contributed by atoms with Gasteiger partial charge in [0.05, 0.1) is 44.7 Å². The lowest BCUT2D eigenvalue weighted by molar-refractivity contribution is -0.129. The fourth-order valence-electron chi connectivity index (χ4n) is 3.30. The first-order valence-corrected chi connectivity index (χ1v) is 10.3.